The van der Waals surface area contributed by atoms with Gasteiger partial charge in [0.1, 0.15) is 22.8 Å². The van der Waals surface area contributed by atoms with Gasteiger partial charge in [0, 0.05) is 23.6 Å². The lowest BCUT2D eigenvalue weighted by Gasteiger charge is -2.19. The molecule has 2 N–H and O–H groups in total. The minimum atomic E-state index is -0.286. The maximum atomic E-state index is 12.4. The molecule has 7 heteroatoms. The Bertz CT molecular complexity index is 1290. The largest absolute Gasteiger partial charge is 0.506 e. The van der Waals surface area contributed by atoms with Gasteiger partial charge in [-0.05, 0) is 67.5 Å². The van der Waals surface area contributed by atoms with Crippen LogP contribution in [0, 0.1) is 6.92 Å². The fourth-order valence-corrected chi connectivity index (χ4v) is 4.90. The molecule has 166 valence electrons. The number of nitrogens with zero attached hydrogens (tertiary/aromatic N) is 1. The van der Waals surface area contributed by atoms with E-state index in [1.807, 2.05) is 31.2 Å². The van der Waals surface area contributed by atoms with Crippen LogP contribution in [0.2, 0.25) is 0 Å². The number of aryl methyl sites for hydroxylation is 2. The molecule has 0 saturated heterocycles. The van der Waals surface area contributed by atoms with Gasteiger partial charge in [-0.1, -0.05) is 0 Å². The van der Waals surface area contributed by atoms with Crippen LogP contribution in [0.15, 0.2) is 38.6 Å². The van der Waals surface area contributed by atoms with Crippen LogP contribution < -0.4 is 20.5 Å². The number of benzene rings is 2. The molecule has 0 bridgehead atoms. The van der Waals surface area contributed by atoms with E-state index in [-0.39, 0.29) is 17.4 Å². The fourth-order valence-electron chi connectivity index (χ4n) is 4.90. The standard InChI is InChI=1S/C25H26N2O5/c1-13-8-21-23(17-6-4-5-7-18(17)25(29)32-21)24(28)22(13)20-12-19(26-27-20)14-9-15(30-2)11-16(10-14)31-3/h8-11,19,26,28H,4-7,12H2,1-3H3/t19-/m0/s1. The zero-order valence-corrected chi connectivity index (χ0v) is 18.4. The summed E-state index contributed by atoms with van der Waals surface area (Å²) >= 11 is 0. The van der Waals surface area contributed by atoms with Gasteiger partial charge in [0.25, 0.3) is 0 Å². The van der Waals surface area contributed by atoms with Crippen LogP contribution in [-0.4, -0.2) is 25.0 Å². The Morgan fingerprint density at radius 1 is 1.06 bits per heavy atom. The molecule has 32 heavy (non-hydrogen) atoms. The highest BCUT2D eigenvalue weighted by molar-refractivity contribution is 6.09. The smallest absolute Gasteiger partial charge is 0.339 e. The number of aromatic hydroxyl groups is 1. The molecule has 2 aliphatic rings. The predicted octanol–water partition coefficient (Wildman–Crippen LogP) is 4.14. The van der Waals surface area contributed by atoms with E-state index in [1.54, 1.807) is 14.2 Å². The number of ether oxygens (including phenoxy) is 2. The molecule has 1 aliphatic carbocycles. The molecule has 0 saturated carbocycles. The van der Waals surface area contributed by atoms with Gasteiger partial charge >= 0.3 is 5.63 Å². The van der Waals surface area contributed by atoms with E-state index in [2.05, 4.69) is 10.5 Å². The fraction of sp³-hybridized carbons (Fsp3) is 0.360. The Kier molecular flexibility index (Phi) is 5.04. The predicted molar refractivity (Wildman–Crippen MR) is 122 cm³/mol. The highest BCUT2D eigenvalue weighted by Crippen LogP contribution is 2.39. The van der Waals surface area contributed by atoms with E-state index in [0.717, 1.165) is 41.7 Å². The summed E-state index contributed by atoms with van der Waals surface area (Å²) in [6.07, 6.45) is 4.01. The summed E-state index contributed by atoms with van der Waals surface area (Å²) in [6.45, 7) is 1.90. The molecule has 2 heterocycles. The van der Waals surface area contributed by atoms with Crippen molar-refractivity contribution in [1.29, 1.82) is 0 Å². The lowest BCUT2D eigenvalue weighted by atomic mass is 9.87. The highest BCUT2D eigenvalue weighted by Gasteiger charge is 2.28. The summed E-state index contributed by atoms with van der Waals surface area (Å²) in [4.78, 5) is 12.4. The third kappa shape index (κ3) is 3.28. The molecule has 1 aliphatic heterocycles. The van der Waals surface area contributed by atoms with Crippen molar-refractivity contribution in [3.05, 3.63) is 62.5 Å². The Balaban J connectivity index is 1.56. The van der Waals surface area contributed by atoms with Gasteiger partial charge in [0.15, 0.2) is 0 Å². The average Bonchev–Trinajstić information content (AvgIpc) is 3.28. The number of phenolic OH excluding ortho intramolecular Hbond substituents is 1. The summed E-state index contributed by atoms with van der Waals surface area (Å²) in [5.41, 5.74) is 8.23. The molecule has 0 amide bonds. The van der Waals surface area contributed by atoms with Crippen molar-refractivity contribution in [3.8, 4) is 17.2 Å². The maximum absolute atomic E-state index is 12.4. The number of nitrogens with one attached hydrogen (secondary N) is 1. The first kappa shape index (κ1) is 20.4. The van der Waals surface area contributed by atoms with Crippen LogP contribution in [-0.2, 0) is 12.8 Å². The maximum Gasteiger partial charge on any atom is 0.339 e. The van der Waals surface area contributed by atoms with Crippen molar-refractivity contribution >= 4 is 16.7 Å². The van der Waals surface area contributed by atoms with Gasteiger partial charge in [-0.2, -0.15) is 5.10 Å². The zero-order valence-electron chi connectivity index (χ0n) is 18.4. The molecule has 2 aromatic carbocycles. The van der Waals surface area contributed by atoms with E-state index in [1.165, 1.54) is 0 Å². The van der Waals surface area contributed by atoms with Crippen molar-refractivity contribution in [1.82, 2.24) is 5.43 Å². The summed E-state index contributed by atoms with van der Waals surface area (Å²) < 4.78 is 16.4. The van der Waals surface area contributed by atoms with Gasteiger partial charge in [-0.25, -0.2) is 4.79 Å². The van der Waals surface area contributed by atoms with Crippen LogP contribution in [0.5, 0.6) is 17.2 Å². The number of hydrogen-bond donors (Lipinski definition) is 2. The lowest BCUT2D eigenvalue weighted by molar-refractivity contribution is 0.392. The molecule has 7 nitrogen and oxygen atoms in total. The van der Waals surface area contributed by atoms with Crippen molar-refractivity contribution in [2.24, 2.45) is 5.10 Å². The minimum Gasteiger partial charge on any atom is -0.506 e. The second-order valence-corrected chi connectivity index (χ2v) is 8.43. The Morgan fingerprint density at radius 2 is 1.75 bits per heavy atom. The normalized spacial score (nSPS) is 17.6. The van der Waals surface area contributed by atoms with Gasteiger partial charge < -0.3 is 24.4 Å². The summed E-state index contributed by atoms with van der Waals surface area (Å²) in [5.74, 6) is 1.56. The third-order valence-electron chi connectivity index (χ3n) is 6.50. The molecule has 0 unspecified atom stereocenters. The lowest BCUT2D eigenvalue weighted by Crippen LogP contribution is -2.16. The second-order valence-electron chi connectivity index (χ2n) is 8.43. The van der Waals surface area contributed by atoms with E-state index >= 15 is 0 Å². The number of hydrazone groups is 1. The first-order chi connectivity index (χ1) is 15.5. The molecule has 0 spiro atoms. The number of fused-ring (bicyclic) bond motifs is 3. The SMILES string of the molecule is COc1cc(OC)cc([C@@H]2CC(c3c(C)cc4oc(=O)c5c(c4c3O)CCCC5)=NN2)c1. The number of methoxy groups -OCH3 is 2. The molecule has 0 fully saturated rings. The summed E-state index contributed by atoms with van der Waals surface area (Å²) in [7, 11) is 3.25. The highest BCUT2D eigenvalue weighted by atomic mass is 16.5. The molecular weight excluding hydrogens is 408 g/mol. The third-order valence-corrected chi connectivity index (χ3v) is 6.50. The van der Waals surface area contributed by atoms with Gasteiger partial charge in [-0.15, -0.1) is 0 Å². The molecular formula is C25H26N2O5. The number of rotatable bonds is 4. The number of hydrogen-bond acceptors (Lipinski definition) is 7. The van der Waals surface area contributed by atoms with Crippen molar-refractivity contribution in [2.75, 3.05) is 14.2 Å². The van der Waals surface area contributed by atoms with Gasteiger partial charge in [0.2, 0.25) is 0 Å². The molecule has 3 aromatic rings. The van der Waals surface area contributed by atoms with E-state index in [4.69, 9.17) is 13.9 Å². The first-order valence-electron chi connectivity index (χ1n) is 10.9. The van der Waals surface area contributed by atoms with Crippen LogP contribution in [0.4, 0.5) is 0 Å². The van der Waals surface area contributed by atoms with Crippen LogP contribution in [0.1, 0.15) is 53.1 Å². The van der Waals surface area contributed by atoms with Crippen molar-refractivity contribution in [3.63, 3.8) is 0 Å². The second kappa shape index (κ2) is 7.89. The summed E-state index contributed by atoms with van der Waals surface area (Å²) in [6, 6.07) is 7.50. The van der Waals surface area contributed by atoms with Crippen LogP contribution >= 0.6 is 0 Å². The van der Waals surface area contributed by atoms with E-state index in [0.29, 0.717) is 46.4 Å². The number of phenols is 1. The zero-order chi connectivity index (χ0) is 22.4. The Labute approximate surface area is 185 Å². The Morgan fingerprint density at radius 3 is 2.44 bits per heavy atom. The van der Waals surface area contributed by atoms with E-state index in [9.17, 15) is 9.90 Å². The molecule has 5 rings (SSSR count). The van der Waals surface area contributed by atoms with Crippen molar-refractivity contribution < 1.29 is 19.0 Å². The quantitative estimate of drug-likeness (QED) is 0.600. The van der Waals surface area contributed by atoms with Crippen LogP contribution in [0.25, 0.3) is 11.0 Å². The summed E-state index contributed by atoms with van der Waals surface area (Å²) in [5, 5.41) is 16.6. The van der Waals surface area contributed by atoms with Gasteiger partial charge in [-0.3, -0.25) is 0 Å². The molecule has 0 radical (unpaired) electrons. The first-order valence-corrected chi connectivity index (χ1v) is 10.9. The monoisotopic (exact) mass is 434 g/mol. The topological polar surface area (TPSA) is 93.3 Å². The van der Waals surface area contributed by atoms with Gasteiger partial charge in [0.05, 0.1) is 31.4 Å². The van der Waals surface area contributed by atoms with E-state index < -0.39 is 0 Å². The van der Waals surface area contributed by atoms with Crippen LogP contribution in [0.3, 0.4) is 0 Å². The average molecular weight is 434 g/mol. The Hall–Kier alpha value is -3.48. The minimum absolute atomic E-state index is 0.0777. The molecule has 1 atom stereocenters. The van der Waals surface area contributed by atoms with Crippen molar-refractivity contribution in [2.45, 2.75) is 45.1 Å². The molecule has 1 aromatic heterocycles.